The van der Waals surface area contributed by atoms with Crippen molar-refractivity contribution in [2.75, 3.05) is 32.8 Å². The van der Waals surface area contributed by atoms with Crippen LogP contribution in [0.25, 0.3) is 10.8 Å². The smallest absolute Gasteiger partial charge is 0.192 e. The Balaban J connectivity index is 1.49. The van der Waals surface area contributed by atoms with Gasteiger partial charge in [0.05, 0.1) is 19.3 Å². The van der Waals surface area contributed by atoms with Crippen molar-refractivity contribution in [3.05, 3.63) is 47.0 Å². The third-order valence-electron chi connectivity index (χ3n) is 7.52. The van der Waals surface area contributed by atoms with E-state index in [4.69, 9.17) is 9.16 Å². The lowest BCUT2D eigenvalue weighted by molar-refractivity contribution is 0.0375. The molecule has 2 aliphatic rings. The van der Waals surface area contributed by atoms with Gasteiger partial charge in [0.2, 0.25) is 0 Å². The molecule has 2 aromatic rings. The molecule has 0 amide bonds. The molecule has 3 nitrogen and oxygen atoms in total. The van der Waals surface area contributed by atoms with Crippen molar-refractivity contribution in [3.63, 3.8) is 0 Å². The highest BCUT2D eigenvalue weighted by atomic mass is 28.4. The van der Waals surface area contributed by atoms with Gasteiger partial charge in [-0.05, 0) is 77.8 Å². The molecule has 30 heavy (non-hydrogen) atoms. The molecule has 0 saturated carbocycles. The van der Waals surface area contributed by atoms with Crippen LogP contribution in [0.1, 0.15) is 56.4 Å². The van der Waals surface area contributed by atoms with E-state index in [2.05, 4.69) is 69.1 Å². The van der Waals surface area contributed by atoms with Crippen molar-refractivity contribution in [3.8, 4) is 0 Å². The fourth-order valence-electron chi connectivity index (χ4n) is 4.60. The van der Waals surface area contributed by atoms with E-state index in [1.54, 1.807) is 0 Å². The van der Waals surface area contributed by atoms with E-state index in [1.165, 1.54) is 40.4 Å². The Bertz CT molecular complexity index is 880. The minimum atomic E-state index is -1.76. The lowest BCUT2D eigenvalue weighted by Crippen LogP contribution is -2.41. The largest absolute Gasteiger partial charge is 0.410 e. The number of hydrogen-bond donors (Lipinski definition) is 0. The fraction of sp³-hybridized carbons (Fsp3) is 0.615. The van der Waals surface area contributed by atoms with Crippen LogP contribution in [0.4, 0.5) is 0 Å². The molecule has 1 fully saturated rings. The van der Waals surface area contributed by atoms with Gasteiger partial charge in [0.25, 0.3) is 0 Å². The molecule has 0 aromatic heterocycles. The first kappa shape index (κ1) is 22.0. The summed E-state index contributed by atoms with van der Waals surface area (Å²) in [6, 6.07) is 11.7. The summed E-state index contributed by atoms with van der Waals surface area (Å²) in [7, 11) is -1.76. The molecule has 1 atom stereocenters. The number of ether oxygens (including phenoxy) is 1. The molecule has 1 saturated heterocycles. The number of aryl methyl sites for hydroxylation is 2. The van der Waals surface area contributed by atoms with Gasteiger partial charge in [0.1, 0.15) is 0 Å². The summed E-state index contributed by atoms with van der Waals surface area (Å²) in [6.07, 6.45) is 4.92. The maximum absolute atomic E-state index is 6.82. The monoisotopic (exact) mass is 425 g/mol. The molecular weight excluding hydrogens is 386 g/mol. The molecule has 4 heteroatoms. The summed E-state index contributed by atoms with van der Waals surface area (Å²) in [5, 5.41) is 3.08. The second-order valence-electron chi connectivity index (χ2n) is 10.7. The highest BCUT2D eigenvalue weighted by molar-refractivity contribution is 6.74. The molecule has 164 valence electrons. The lowest BCUT2D eigenvalue weighted by atomic mass is 9.97. The minimum absolute atomic E-state index is 0.250. The van der Waals surface area contributed by atoms with Crippen molar-refractivity contribution in [1.82, 2.24) is 4.90 Å². The van der Waals surface area contributed by atoms with Gasteiger partial charge >= 0.3 is 0 Å². The lowest BCUT2D eigenvalue weighted by Gasteiger charge is -2.38. The summed E-state index contributed by atoms with van der Waals surface area (Å²) >= 11 is 0. The first-order valence-corrected chi connectivity index (χ1v) is 14.7. The number of morpholine rings is 1. The summed E-state index contributed by atoms with van der Waals surface area (Å²) in [5.74, 6) is 0. The summed E-state index contributed by atoms with van der Waals surface area (Å²) in [6.45, 7) is 16.9. The highest BCUT2D eigenvalue weighted by Crippen LogP contribution is 2.45. The van der Waals surface area contributed by atoms with Gasteiger partial charge in [-0.2, -0.15) is 0 Å². The molecule has 0 radical (unpaired) electrons. The van der Waals surface area contributed by atoms with Crippen LogP contribution < -0.4 is 0 Å². The van der Waals surface area contributed by atoms with Crippen LogP contribution in [0.5, 0.6) is 0 Å². The van der Waals surface area contributed by atoms with Crippen LogP contribution >= 0.6 is 0 Å². The van der Waals surface area contributed by atoms with E-state index in [9.17, 15) is 0 Å². The van der Waals surface area contributed by atoms with E-state index in [0.717, 1.165) is 45.6 Å². The molecule has 0 bridgehead atoms. The Morgan fingerprint density at radius 3 is 2.57 bits per heavy atom. The third kappa shape index (κ3) is 4.67. The number of benzene rings is 2. The molecule has 4 rings (SSSR count). The van der Waals surface area contributed by atoms with Crippen LogP contribution in [0, 0.1) is 0 Å². The Morgan fingerprint density at radius 2 is 1.83 bits per heavy atom. The van der Waals surface area contributed by atoms with Crippen molar-refractivity contribution in [2.24, 2.45) is 0 Å². The predicted octanol–water partition coefficient (Wildman–Crippen LogP) is 6.11. The average Bonchev–Trinajstić information content (AvgIpc) is 3.10. The Hall–Kier alpha value is -1.20. The zero-order chi connectivity index (χ0) is 21.4. The van der Waals surface area contributed by atoms with Crippen molar-refractivity contribution < 1.29 is 9.16 Å². The third-order valence-corrected chi connectivity index (χ3v) is 12.0. The molecule has 1 aliphatic carbocycles. The number of fused-ring (bicyclic) bond motifs is 3. The molecule has 1 heterocycles. The van der Waals surface area contributed by atoms with Crippen LogP contribution in [0.3, 0.4) is 0 Å². The Labute approximate surface area is 183 Å². The number of nitrogens with zero attached hydrogens (tertiary/aromatic N) is 1. The molecule has 0 spiro atoms. The van der Waals surface area contributed by atoms with Gasteiger partial charge in [-0.1, -0.05) is 51.1 Å². The standard InChI is InChI=1S/C26H39NO2Si/c1-26(2,3)30(4,5)29-25-13-12-22-23(25)11-10-21-9-8-20(19-24(21)22)7-6-14-27-15-17-28-18-16-27/h8-11,19,25H,6-7,12-18H2,1-5H3. The average molecular weight is 426 g/mol. The first-order chi connectivity index (χ1) is 14.2. The zero-order valence-electron chi connectivity index (χ0n) is 19.6. The summed E-state index contributed by atoms with van der Waals surface area (Å²) in [5.41, 5.74) is 4.45. The highest BCUT2D eigenvalue weighted by Gasteiger charge is 2.40. The van der Waals surface area contributed by atoms with E-state index < -0.39 is 8.32 Å². The maximum Gasteiger partial charge on any atom is 0.192 e. The molecular formula is C26H39NO2Si. The fourth-order valence-corrected chi connectivity index (χ4v) is 5.91. The number of rotatable bonds is 6. The second-order valence-corrected chi connectivity index (χ2v) is 15.4. The van der Waals surface area contributed by atoms with Gasteiger partial charge < -0.3 is 9.16 Å². The van der Waals surface area contributed by atoms with Crippen LogP contribution in [0.15, 0.2) is 30.3 Å². The molecule has 1 unspecified atom stereocenters. The zero-order valence-corrected chi connectivity index (χ0v) is 20.6. The Morgan fingerprint density at radius 1 is 1.10 bits per heavy atom. The van der Waals surface area contributed by atoms with Gasteiger partial charge in [-0.25, -0.2) is 0 Å². The van der Waals surface area contributed by atoms with Gasteiger partial charge in [-0.15, -0.1) is 0 Å². The van der Waals surface area contributed by atoms with E-state index >= 15 is 0 Å². The van der Waals surface area contributed by atoms with Crippen LogP contribution in [-0.2, 0) is 22.0 Å². The van der Waals surface area contributed by atoms with E-state index in [-0.39, 0.29) is 11.1 Å². The first-order valence-electron chi connectivity index (χ1n) is 11.8. The topological polar surface area (TPSA) is 21.7 Å². The van der Waals surface area contributed by atoms with Crippen molar-refractivity contribution in [2.45, 2.75) is 70.7 Å². The minimum Gasteiger partial charge on any atom is -0.410 e. The van der Waals surface area contributed by atoms with E-state index in [1.807, 2.05) is 0 Å². The SMILES string of the molecule is CC(C)(C)[Si](C)(C)OC1CCc2c1ccc1ccc(CCCN3CCOCC3)cc21. The normalized spacial score (nSPS) is 20.6. The van der Waals surface area contributed by atoms with Crippen LogP contribution in [-0.4, -0.2) is 46.1 Å². The molecule has 1 aliphatic heterocycles. The van der Waals surface area contributed by atoms with Gasteiger partial charge in [0, 0.05) is 13.1 Å². The van der Waals surface area contributed by atoms with Gasteiger partial charge in [0.15, 0.2) is 8.32 Å². The molecule has 0 N–H and O–H groups in total. The maximum atomic E-state index is 6.82. The predicted molar refractivity (Wildman–Crippen MR) is 129 cm³/mol. The quantitative estimate of drug-likeness (QED) is 0.521. The van der Waals surface area contributed by atoms with Crippen LogP contribution in [0.2, 0.25) is 18.1 Å². The van der Waals surface area contributed by atoms with Crippen molar-refractivity contribution in [1.29, 1.82) is 0 Å². The number of hydrogen-bond acceptors (Lipinski definition) is 3. The Kier molecular flexibility index (Phi) is 6.41. The molecule has 2 aromatic carbocycles. The summed E-state index contributed by atoms with van der Waals surface area (Å²) < 4.78 is 12.3. The van der Waals surface area contributed by atoms with Crippen molar-refractivity contribution >= 4 is 19.1 Å². The van der Waals surface area contributed by atoms with E-state index in [0.29, 0.717) is 0 Å². The summed E-state index contributed by atoms with van der Waals surface area (Å²) in [4.78, 5) is 2.53. The second kappa shape index (κ2) is 8.74. The van der Waals surface area contributed by atoms with Gasteiger partial charge in [-0.3, -0.25) is 4.90 Å².